The molecule has 1 aromatic rings. The molecule has 1 aliphatic carbocycles. The average molecular weight is 409 g/mol. The van der Waals surface area contributed by atoms with Crippen molar-refractivity contribution in [1.29, 1.82) is 0 Å². The molecule has 0 amide bonds. The van der Waals surface area contributed by atoms with E-state index in [2.05, 4.69) is 27.6 Å². The van der Waals surface area contributed by atoms with Crippen LogP contribution in [0.25, 0.3) is 0 Å². The maximum absolute atomic E-state index is 14.4. The lowest BCUT2D eigenvalue weighted by atomic mass is 10.1. The van der Waals surface area contributed by atoms with E-state index in [9.17, 15) is 4.39 Å². The van der Waals surface area contributed by atoms with Crippen molar-refractivity contribution in [2.75, 3.05) is 53.6 Å². The predicted molar refractivity (Wildman–Crippen MR) is 116 cm³/mol. The van der Waals surface area contributed by atoms with Crippen molar-refractivity contribution in [3.05, 3.63) is 29.6 Å². The summed E-state index contributed by atoms with van der Waals surface area (Å²) in [5.41, 5.74) is 0.867. The Balaban J connectivity index is 1.83. The van der Waals surface area contributed by atoms with Crippen molar-refractivity contribution < 1.29 is 13.9 Å². The number of nitrogens with one attached hydrogen (secondary N) is 2. The van der Waals surface area contributed by atoms with E-state index in [1.807, 2.05) is 19.9 Å². The first kappa shape index (κ1) is 23.4. The van der Waals surface area contributed by atoms with Crippen molar-refractivity contribution in [3.8, 4) is 5.75 Å². The first-order valence-electron chi connectivity index (χ1n) is 10.7. The fourth-order valence-corrected chi connectivity index (χ4v) is 2.89. The average Bonchev–Trinajstić information content (AvgIpc) is 3.53. The highest BCUT2D eigenvalue weighted by molar-refractivity contribution is 5.80. The van der Waals surface area contributed by atoms with E-state index in [4.69, 9.17) is 9.47 Å². The van der Waals surface area contributed by atoms with Crippen molar-refractivity contribution >= 4 is 5.96 Å². The smallest absolute Gasteiger partial charge is 0.191 e. The summed E-state index contributed by atoms with van der Waals surface area (Å²) in [4.78, 5) is 6.88. The molecule has 0 aliphatic heterocycles. The molecule has 164 valence electrons. The van der Waals surface area contributed by atoms with Crippen molar-refractivity contribution in [2.24, 2.45) is 10.9 Å². The van der Waals surface area contributed by atoms with Gasteiger partial charge in [-0.1, -0.05) is 6.07 Å². The number of halogens is 1. The molecule has 6 nitrogen and oxygen atoms in total. The molecule has 0 heterocycles. The normalized spacial score (nSPS) is 15.4. The number of nitrogens with zero attached hydrogens (tertiary/aromatic N) is 2. The Kier molecular flexibility index (Phi) is 10.2. The Labute approximate surface area is 174 Å². The molecule has 0 bridgehead atoms. The van der Waals surface area contributed by atoms with Crippen LogP contribution in [0.1, 0.15) is 44.7 Å². The summed E-state index contributed by atoms with van der Waals surface area (Å²) in [6, 6.07) is 5.13. The van der Waals surface area contributed by atoms with Crippen molar-refractivity contribution in [1.82, 2.24) is 15.5 Å². The number of methoxy groups -OCH3 is 1. The van der Waals surface area contributed by atoms with Gasteiger partial charge in [-0.15, -0.1) is 0 Å². The molecule has 1 atom stereocenters. The third kappa shape index (κ3) is 9.00. The number of guanidine groups is 1. The molecule has 29 heavy (non-hydrogen) atoms. The Morgan fingerprint density at radius 3 is 2.79 bits per heavy atom. The highest BCUT2D eigenvalue weighted by Crippen LogP contribution is 2.30. The lowest BCUT2D eigenvalue weighted by molar-refractivity contribution is 0.161. The van der Waals surface area contributed by atoms with E-state index in [-0.39, 0.29) is 11.9 Å². The van der Waals surface area contributed by atoms with Gasteiger partial charge in [-0.05, 0) is 70.3 Å². The molecule has 2 rings (SSSR count). The Bertz CT molecular complexity index is 637. The topological polar surface area (TPSA) is 58.1 Å². The minimum Gasteiger partial charge on any atom is -0.490 e. The fourth-order valence-electron chi connectivity index (χ4n) is 2.89. The largest absolute Gasteiger partial charge is 0.490 e. The predicted octanol–water partition coefficient (Wildman–Crippen LogP) is 3.20. The Hall–Kier alpha value is -1.86. The van der Waals surface area contributed by atoms with Gasteiger partial charge in [0.25, 0.3) is 0 Å². The van der Waals surface area contributed by atoms with E-state index in [0.717, 1.165) is 50.7 Å². The Morgan fingerprint density at radius 2 is 2.14 bits per heavy atom. The zero-order valence-corrected chi connectivity index (χ0v) is 18.3. The van der Waals surface area contributed by atoms with Crippen LogP contribution in [0.15, 0.2) is 23.2 Å². The first-order valence-corrected chi connectivity index (χ1v) is 10.7. The van der Waals surface area contributed by atoms with Crippen LogP contribution in [0.4, 0.5) is 4.39 Å². The number of benzene rings is 1. The maximum Gasteiger partial charge on any atom is 0.191 e. The number of hydrogen-bond donors (Lipinski definition) is 2. The zero-order chi connectivity index (χ0) is 21.1. The van der Waals surface area contributed by atoms with E-state index >= 15 is 0 Å². The number of rotatable bonds is 13. The molecular formula is C22H37FN4O2. The molecule has 1 fully saturated rings. The zero-order valence-electron chi connectivity index (χ0n) is 18.3. The number of aliphatic imine (C=N–C) groups is 1. The van der Waals surface area contributed by atoms with E-state index in [1.165, 1.54) is 12.8 Å². The van der Waals surface area contributed by atoms with E-state index in [1.54, 1.807) is 19.2 Å². The van der Waals surface area contributed by atoms with Crippen LogP contribution in [0.2, 0.25) is 0 Å². The molecule has 1 saturated carbocycles. The summed E-state index contributed by atoms with van der Waals surface area (Å²) >= 11 is 0. The van der Waals surface area contributed by atoms with Crippen molar-refractivity contribution in [2.45, 2.75) is 39.2 Å². The number of ether oxygens (including phenoxy) is 2. The van der Waals surface area contributed by atoms with Crippen LogP contribution in [0.3, 0.4) is 0 Å². The lowest BCUT2D eigenvalue weighted by Crippen LogP contribution is -2.39. The first-order chi connectivity index (χ1) is 14.0. The van der Waals surface area contributed by atoms with Gasteiger partial charge in [0, 0.05) is 26.7 Å². The summed E-state index contributed by atoms with van der Waals surface area (Å²) < 4.78 is 25.0. The van der Waals surface area contributed by atoms with E-state index < -0.39 is 0 Å². The SMILES string of the molecule is CCNC(=NCCCN(C)CCOC)NC(C)c1ccc(OCC2CC2)c(F)c1. The molecule has 1 aliphatic rings. The van der Waals surface area contributed by atoms with E-state index in [0.29, 0.717) is 18.3 Å². The molecule has 0 saturated heterocycles. The minimum atomic E-state index is -0.308. The molecular weight excluding hydrogens is 371 g/mol. The standard InChI is InChI=1S/C22H37FN4O2/c1-5-24-22(25-11-6-12-27(3)13-14-28-4)26-17(2)19-9-10-21(20(23)15-19)29-16-18-7-8-18/h9-10,15,17-18H,5-8,11-14,16H2,1-4H3,(H2,24,25,26). The van der Waals surface area contributed by atoms with Crippen molar-refractivity contribution in [3.63, 3.8) is 0 Å². The van der Waals surface area contributed by atoms with Gasteiger partial charge in [0.1, 0.15) is 0 Å². The van der Waals surface area contributed by atoms with Crippen LogP contribution >= 0.6 is 0 Å². The van der Waals surface area contributed by atoms with Crippen LogP contribution in [0.5, 0.6) is 5.75 Å². The van der Waals surface area contributed by atoms with Gasteiger partial charge >= 0.3 is 0 Å². The lowest BCUT2D eigenvalue weighted by Gasteiger charge is -2.19. The second kappa shape index (κ2) is 12.6. The van der Waals surface area contributed by atoms with Gasteiger partial charge in [-0.3, -0.25) is 4.99 Å². The summed E-state index contributed by atoms with van der Waals surface area (Å²) in [7, 11) is 3.80. The number of likely N-dealkylation sites (N-methyl/N-ethyl adjacent to an activating group) is 1. The van der Waals surface area contributed by atoms with Gasteiger partial charge in [-0.2, -0.15) is 0 Å². The van der Waals surface area contributed by atoms with Crippen LogP contribution < -0.4 is 15.4 Å². The minimum absolute atomic E-state index is 0.0656. The molecule has 0 radical (unpaired) electrons. The second-order valence-corrected chi connectivity index (χ2v) is 7.72. The Morgan fingerprint density at radius 1 is 1.34 bits per heavy atom. The molecule has 7 heteroatoms. The van der Waals surface area contributed by atoms with Crippen LogP contribution in [-0.4, -0.2) is 64.4 Å². The molecule has 1 aromatic carbocycles. The highest BCUT2D eigenvalue weighted by atomic mass is 19.1. The fraction of sp³-hybridized carbons (Fsp3) is 0.682. The quantitative estimate of drug-likeness (QED) is 0.298. The molecule has 0 spiro atoms. The second-order valence-electron chi connectivity index (χ2n) is 7.72. The number of hydrogen-bond acceptors (Lipinski definition) is 4. The summed E-state index contributed by atoms with van der Waals surface area (Å²) in [6.07, 6.45) is 3.35. The molecule has 0 aromatic heterocycles. The van der Waals surface area contributed by atoms with Crippen LogP contribution in [-0.2, 0) is 4.74 Å². The van der Waals surface area contributed by atoms with Gasteiger partial charge in [0.15, 0.2) is 17.5 Å². The van der Waals surface area contributed by atoms with Gasteiger partial charge < -0.3 is 25.0 Å². The third-order valence-electron chi connectivity index (χ3n) is 4.97. The molecule has 1 unspecified atom stereocenters. The third-order valence-corrected chi connectivity index (χ3v) is 4.97. The maximum atomic E-state index is 14.4. The monoisotopic (exact) mass is 408 g/mol. The van der Waals surface area contributed by atoms with Gasteiger partial charge in [0.2, 0.25) is 0 Å². The van der Waals surface area contributed by atoms with Crippen LogP contribution in [0, 0.1) is 11.7 Å². The molecule has 2 N–H and O–H groups in total. The van der Waals surface area contributed by atoms with Gasteiger partial charge in [0.05, 0.1) is 19.3 Å². The summed E-state index contributed by atoms with van der Waals surface area (Å²) in [5, 5.41) is 6.62. The highest BCUT2D eigenvalue weighted by Gasteiger charge is 2.22. The summed E-state index contributed by atoms with van der Waals surface area (Å²) in [5.74, 6) is 1.38. The van der Waals surface area contributed by atoms with Gasteiger partial charge in [-0.25, -0.2) is 4.39 Å². The summed E-state index contributed by atoms with van der Waals surface area (Å²) in [6.45, 7) is 8.77.